The first-order valence-corrected chi connectivity index (χ1v) is 7.93. The third kappa shape index (κ3) is 3.17. The largest absolute Gasteiger partial charge is 0.296 e. The molecular weight excluding hydrogens is 308 g/mol. The van der Waals surface area contributed by atoms with E-state index in [0.29, 0.717) is 0 Å². The minimum Gasteiger partial charge on any atom is -0.282 e. The molecule has 0 saturated carbocycles. The second kappa shape index (κ2) is 4.90. The van der Waals surface area contributed by atoms with E-state index in [4.69, 9.17) is 9.11 Å². The van der Waals surface area contributed by atoms with Gasteiger partial charge in [0.15, 0.2) is 0 Å². The van der Waals surface area contributed by atoms with Gasteiger partial charge in [0, 0.05) is 12.4 Å². The Morgan fingerprint density at radius 2 is 1.05 bits per heavy atom. The van der Waals surface area contributed by atoms with Crippen molar-refractivity contribution in [1.29, 1.82) is 0 Å². The van der Waals surface area contributed by atoms with Crippen LogP contribution in [0.2, 0.25) is 0 Å². The first-order chi connectivity index (χ1) is 9.18. The summed E-state index contributed by atoms with van der Waals surface area (Å²) in [4.78, 5) is 6.86. The highest BCUT2D eigenvalue weighted by atomic mass is 32.2. The Hall–Kier alpha value is -1.88. The summed E-state index contributed by atoms with van der Waals surface area (Å²) in [7, 11) is -8.65. The lowest BCUT2D eigenvalue weighted by atomic mass is 10.2. The van der Waals surface area contributed by atoms with Crippen LogP contribution in [0.5, 0.6) is 0 Å². The van der Waals surface area contributed by atoms with E-state index in [1.807, 2.05) is 0 Å². The van der Waals surface area contributed by atoms with E-state index in [9.17, 15) is 16.8 Å². The molecule has 0 spiro atoms. The van der Waals surface area contributed by atoms with Crippen LogP contribution in [0.15, 0.2) is 46.5 Å². The molecule has 0 atom stereocenters. The molecule has 0 fully saturated rings. The molecule has 0 aliphatic carbocycles. The highest BCUT2D eigenvalue weighted by Crippen LogP contribution is 2.17. The van der Waals surface area contributed by atoms with Gasteiger partial charge in [-0.1, -0.05) is 0 Å². The number of rotatable bonds is 3. The van der Waals surface area contributed by atoms with Gasteiger partial charge in [-0.15, -0.1) is 0 Å². The maximum absolute atomic E-state index is 10.8. The van der Waals surface area contributed by atoms with Crippen molar-refractivity contribution in [1.82, 2.24) is 9.97 Å². The van der Waals surface area contributed by atoms with Crippen molar-refractivity contribution in [3.8, 4) is 11.4 Å². The van der Waals surface area contributed by atoms with Gasteiger partial charge in [0.05, 0.1) is 11.4 Å². The summed E-state index contributed by atoms with van der Waals surface area (Å²) in [6.45, 7) is 0. The third-order valence-electron chi connectivity index (χ3n) is 2.33. The zero-order chi connectivity index (χ0) is 15.0. The van der Waals surface area contributed by atoms with E-state index in [0.717, 1.165) is 24.5 Å². The van der Waals surface area contributed by atoms with Crippen LogP contribution in [0.25, 0.3) is 11.4 Å². The van der Waals surface area contributed by atoms with Crippen LogP contribution in [0.3, 0.4) is 0 Å². The number of pyridine rings is 2. The fourth-order valence-corrected chi connectivity index (χ4v) is 2.22. The number of aromatic nitrogens is 2. The van der Waals surface area contributed by atoms with Crippen molar-refractivity contribution in [2.24, 2.45) is 0 Å². The average molecular weight is 316 g/mol. The molecule has 2 N–H and O–H groups in total. The van der Waals surface area contributed by atoms with Gasteiger partial charge in [0.25, 0.3) is 20.2 Å². The highest BCUT2D eigenvalue weighted by molar-refractivity contribution is 7.86. The molecule has 0 unspecified atom stereocenters. The Kier molecular flexibility index (Phi) is 3.56. The lowest BCUT2D eigenvalue weighted by Gasteiger charge is -2.02. The highest BCUT2D eigenvalue weighted by Gasteiger charge is 2.12. The molecular formula is C10H8N2O6S2. The molecule has 10 heteroatoms. The number of nitrogens with zero attached hydrogens (tertiary/aromatic N) is 2. The van der Waals surface area contributed by atoms with Crippen molar-refractivity contribution in [2.45, 2.75) is 9.79 Å². The molecule has 2 heterocycles. The lowest BCUT2D eigenvalue weighted by Crippen LogP contribution is -2.00. The summed E-state index contributed by atoms with van der Waals surface area (Å²) in [5.41, 5.74) is 0.554. The summed E-state index contributed by atoms with van der Waals surface area (Å²) < 4.78 is 61.0. The Bertz CT molecular complexity index is 753. The molecule has 0 bridgehead atoms. The molecule has 0 aliphatic rings. The number of hydrogen-bond acceptors (Lipinski definition) is 6. The molecule has 2 rings (SSSR count). The quantitative estimate of drug-likeness (QED) is 0.787. The van der Waals surface area contributed by atoms with Crippen LogP contribution in [0.4, 0.5) is 0 Å². The number of hydrogen-bond donors (Lipinski definition) is 2. The summed E-state index contributed by atoms with van der Waals surface area (Å²) >= 11 is 0. The predicted molar refractivity (Wildman–Crippen MR) is 67.1 cm³/mol. The first kappa shape index (κ1) is 14.5. The maximum Gasteiger partial charge on any atom is 0.296 e. The van der Waals surface area contributed by atoms with Crippen LogP contribution < -0.4 is 0 Å². The van der Waals surface area contributed by atoms with Gasteiger partial charge in [-0.3, -0.25) is 19.1 Å². The van der Waals surface area contributed by atoms with E-state index < -0.39 is 20.2 Å². The van der Waals surface area contributed by atoms with Gasteiger partial charge < -0.3 is 0 Å². The zero-order valence-electron chi connectivity index (χ0n) is 9.70. The molecule has 0 aliphatic heterocycles. The molecule has 0 saturated heterocycles. The molecule has 2 aromatic rings. The second-order valence-corrected chi connectivity index (χ2v) is 6.55. The van der Waals surface area contributed by atoms with Crippen LogP contribution in [-0.4, -0.2) is 35.9 Å². The molecule has 20 heavy (non-hydrogen) atoms. The van der Waals surface area contributed by atoms with Crippen molar-refractivity contribution in [2.75, 3.05) is 0 Å². The van der Waals surface area contributed by atoms with E-state index in [-0.39, 0.29) is 21.2 Å². The Morgan fingerprint density at radius 3 is 1.25 bits per heavy atom. The lowest BCUT2D eigenvalue weighted by molar-refractivity contribution is 0.480. The minimum atomic E-state index is -4.32. The Balaban J connectivity index is 2.38. The second-order valence-electron chi connectivity index (χ2n) is 3.71. The first-order valence-electron chi connectivity index (χ1n) is 5.05. The third-order valence-corrected chi connectivity index (χ3v) is 4.01. The Labute approximate surface area is 114 Å². The smallest absolute Gasteiger partial charge is 0.282 e. The van der Waals surface area contributed by atoms with Gasteiger partial charge in [-0.25, -0.2) is 0 Å². The molecule has 0 amide bonds. The Morgan fingerprint density at radius 1 is 0.700 bits per heavy atom. The van der Waals surface area contributed by atoms with Crippen LogP contribution in [0, 0.1) is 0 Å². The molecule has 0 aromatic carbocycles. The van der Waals surface area contributed by atoms with Gasteiger partial charge in [0.2, 0.25) is 0 Å². The average Bonchev–Trinajstić information content (AvgIpc) is 2.37. The van der Waals surface area contributed by atoms with Gasteiger partial charge in [-0.05, 0) is 24.3 Å². The van der Waals surface area contributed by atoms with Crippen LogP contribution in [0.1, 0.15) is 0 Å². The summed E-state index contributed by atoms with van der Waals surface area (Å²) in [5, 5.41) is 0. The summed E-state index contributed by atoms with van der Waals surface area (Å²) in [6, 6.07) is 4.88. The standard InChI is InChI=1S/C10H8N2O6S2/c13-19(14,15)7-1-3-9(11-5-7)10-4-2-8(6-12-10)20(16,17)18/h1-6H,(H,13,14,15)(H,16,17,18). The molecule has 2 aromatic heterocycles. The zero-order valence-corrected chi connectivity index (χ0v) is 11.3. The van der Waals surface area contributed by atoms with Crippen molar-refractivity contribution >= 4 is 20.2 Å². The van der Waals surface area contributed by atoms with Crippen molar-refractivity contribution < 1.29 is 25.9 Å². The van der Waals surface area contributed by atoms with Crippen LogP contribution >= 0.6 is 0 Å². The SMILES string of the molecule is O=S(=O)(O)c1ccc(-c2ccc(S(=O)(=O)O)cn2)nc1. The fraction of sp³-hybridized carbons (Fsp3) is 0. The monoisotopic (exact) mass is 316 g/mol. The topological polar surface area (TPSA) is 135 Å². The summed E-state index contributed by atoms with van der Waals surface area (Å²) in [5.74, 6) is 0. The summed E-state index contributed by atoms with van der Waals surface area (Å²) in [6.07, 6.45) is 1.89. The van der Waals surface area contributed by atoms with Gasteiger partial charge in [-0.2, -0.15) is 16.8 Å². The van der Waals surface area contributed by atoms with E-state index in [2.05, 4.69) is 9.97 Å². The minimum absolute atomic E-state index is 0.277. The van der Waals surface area contributed by atoms with Crippen molar-refractivity contribution in [3.63, 3.8) is 0 Å². The van der Waals surface area contributed by atoms with Crippen LogP contribution in [-0.2, 0) is 20.2 Å². The van der Waals surface area contributed by atoms with E-state index in [1.165, 1.54) is 12.1 Å². The van der Waals surface area contributed by atoms with E-state index in [1.54, 1.807) is 0 Å². The predicted octanol–water partition coefficient (Wildman–Crippen LogP) is 0.637. The molecule has 106 valence electrons. The molecule has 0 radical (unpaired) electrons. The fourth-order valence-electron chi connectivity index (χ4n) is 1.37. The van der Waals surface area contributed by atoms with Crippen molar-refractivity contribution in [3.05, 3.63) is 36.7 Å². The van der Waals surface area contributed by atoms with Gasteiger partial charge in [0.1, 0.15) is 9.79 Å². The maximum atomic E-state index is 10.8. The normalized spacial score (nSPS) is 12.3. The van der Waals surface area contributed by atoms with E-state index >= 15 is 0 Å². The van der Waals surface area contributed by atoms with Gasteiger partial charge >= 0.3 is 0 Å². The molecule has 8 nitrogen and oxygen atoms in total.